The van der Waals surface area contributed by atoms with Gasteiger partial charge in [-0.25, -0.2) is 9.59 Å². The molecule has 3 heterocycles. The molecule has 2 aliphatic heterocycles. The van der Waals surface area contributed by atoms with E-state index in [0.717, 1.165) is 18.4 Å². The van der Waals surface area contributed by atoms with Crippen molar-refractivity contribution in [2.24, 2.45) is 0 Å². The Morgan fingerprint density at radius 3 is 2.47 bits per heavy atom. The number of fused-ring (bicyclic) bond motifs is 2. The number of alkyl carbamates (subject to hydrolysis) is 1. The Balaban J connectivity index is 1.30. The van der Waals surface area contributed by atoms with Gasteiger partial charge in [-0.2, -0.15) is 5.26 Å². The summed E-state index contributed by atoms with van der Waals surface area (Å²) >= 11 is 0. The minimum absolute atomic E-state index is 0.188. The van der Waals surface area contributed by atoms with Crippen molar-refractivity contribution in [2.45, 2.75) is 37.4 Å². The number of amides is 2. The number of carbonyl (C=O) groups is 2. The van der Waals surface area contributed by atoms with Crippen molar-refractivity contribution in [3.8, 4) is 11.8 Å². The Kier molecular flexibility index (Phi) is 8.57. The van der Waals surface area contributed by atoms with Crippen LogP contribution in [0.4, 0.5) is 9.59 Å². The van der Waals surface area contributed by atoms with Gasteiger partial charge < -0.3 is 24.4 Å². The Hall–Kier alpha value is -3.84. The molecular formula is C26H31N5O5. The minimum Gasteiger partial charge on any atom is -0.491 e. The molecule has 2 saturated heterocycles. The summed E-state index contributed by atoms with van der Waals surface area (Å²) in [5.74, 6) is 0.618. The van der Waals surface area contributed by atoms with Crippen LogP contribution in [0, 0.1) is 11.3 Å². The minimum atomic E-state index is -0.521. The number of pyridine rings is 1. The largest absolute Gasteiger partial charge is 0.491 e. The molecule has 0 spiro atoms. The number of nitriles is 1. The molecule has 10 nitrogen and oxygen atoms in total. The van der Waals surface area contributed by atoms with Gasteiger partial charge >= 0.3 is 12.2 Å². The molecule has 36 heavy (non-hydrogen) atoms. The van der Waals surface area contributed by atoms with Gasteiger partial charge in [-0.15, -0.1) is 0 Å². The number of nitrogens with one attached hydrogen (secondary N) is 1. The Morgan fingerprint density at radius 2 is 1.83 bits per heavy atom. The normalized spacial score (nSPS) is 19.7. The SMILES string of the molecule is COC(=O)N[C@H](COc1ccc(C#N)cc1)CN1C2CCC1CN(C(=O)OCCc1ccncc1)C2. The number of hydrogen-bond acceptors (Lipinski definition) is 8. The summed E-state index contributed by atoms with van der Waals surface area (Å²) in [6.45, 7) is 2.33. The molecular weight excluding hydrogens is 462 g/mol. The van der Waals surface area contributed by atoms with Gasteiger partial charge in [0.05, 0.1) is 31.4 Å². The van der Waals surface area contributed by atoms with Crippen LogP contribution in [0.2, 0.25) is 0 Å². The lowest BCUT2D eigenvalue weighted by Gasteiger charge is -2.41. The second kappa shape index (κ2) is 12.2. The van der Waals surface area contributed by atoms with Gasteiger partial charge in [0.25, 0.3) is 0 Å². The third-order valence-corrected chi connectivity index (χ3v) is 6.63. The molecule has 4 rings (SSSR count). The maximum atomic E-state index is 12.7. The molecule has 1 aromatic carbocycles. The van der Waals surface area contributed by atoms with Crippen LogP contribution in [0.15, 0.2) is 48.8 Å². The predicted molar refractivity (Wildman–Crippen MR) is 130 cm³/mol. The highest BCUT2D eigenvalue weighted by Crippen LogP contribution is 2.30. The van der Waals surface area contributed by atoms with E-state index in [-0.39, 0.29) is 30.8 Å². The van der Waals surface area contributed by atoms with E-state index in [1.807, 2.05) is 12.1 Å². The lowest BCUT2D eigenvalue weighted by molar-refractivity contribution is 0.0386. The summed E-state index contributed by atoms with van der Waals surface area (Å²) in [6, 6.07) is 12.8. The topological polar surface area (TPSA) is 117 Å². The Bertz CT molecular complexity index is 1040. The zero-order valence-corrected chi connectivity index (χ0v) is 20.3. The molecule has 0 radical (unpaired) electrons. The van der Waals surface area contributed by atoms with E-state index in [4.69, 9.17) is 19.5 Å². The highest BCUT2D eigenvalue weighted by atomic mass is 16.6. The van der Waals surface area contributed by atoms with Crippen LogP contribution in [-0.2, 0) is 15.9 Å². The van der Waals surface area contributed by atoms with Gasteiger partial charge in [0, 0.05) is 50.5 Å². The maximum absolute atomic E-state index is 12.7. The van der Waals surface area contributed by atoms with Crippen LogP contribution in [0.25, 0.3) is 0 Å². The number of nitrogens with zero attached hydrogens (tertiary/aromatic N) is 4. The number of aromatic nitrogens is 1. The van der Waals surface area contributed by atoms with Crippen LogP contribution in [0.5, 0.6) is 5.75 Å². The average Bonchev–Trinajstić information content (AvgIpc) is 3.13. The first-order chi connectivity index (χ1) is 17.6. The molecule has 2 aromatic rings. The third kappa shape index (κ3) is 6.64. The van der Waals surface area contributed by atoms with Crippen molar-refractivity contribution < 1.29 is 23.8 Å². The average molecular weight is 494 g/mol. The van der Waals surface area contributed by atoms with Crippen LogP contribution >= 0.6 is 0 Å². The lowest BCUT2D eigenvalue weighted by Crippen LogP contribution is -2.59. The van der Waals surface area contributed by atoms with Crippen molar-refractivity contribution >= 4 is 12.2 Å². The fourth-order valence-electron chi connectivity index (χ4n) is 4.78. The summed E-state index contributed by atoms with van der Waals surface area (Å²) < 4.78 is 16.2. The molecule has 2 unspecified atom stereocenters. The van der Waals surface area contributed by atoms with Gasteiger partial charge in [-0.3, -0.25) is 9.88 Å². The maximum Gasteiger partial charge on any atom is 0.409 e. The zero-order chi connectivity index (χ0) is 25.3. The quantitative estimate of drug-likeness (QED) is 0.567. The second-order valence-electron chi connectivity index (χ2n) is 8.99. The number of rotatable bonds is 9. The molecule has 10 heteroatoms. The number of ether oxygens (including phenoxy) is 3. The van der Waals surface area contributed by atoms with E-state index in [9.17, 15) is 9.59 Å². The van der Waals surface area contributed by atoms with Crippen molar-refractivity contribution in [1.29, 1.82) is 5.26 Å². The van der Waals surface area contributed by atoms with Crippen molar-refractivity contribution in [3.63, 3.8) is 0 Å². The summed E-state index contributed by atoms with van der Waals surface area (Å²) in [5, 5.41) is 11.8. The summed E-state index contributed by atoms with van der Waals surface area (Å²) in [7, 11) is 1.33. The van der Waals surface area contributed by atoms with Crippen molar-refractivity contribution in [3.05, 3.63) is 59.9 Å². The van der Waals surface area contributed by atoms with E-state index in [0.29, 0.717) is 44.0 Å². The molecule has 2 amide bonds. The first-order valence-electron chi connectivity index (χ1n) is 12.1. The van der Waals surface area contributed by atoms with Gasteiger partial charge in [0.2, 0.25) is 0 Å². The number of benzene rings is 1. The van der Waals surface area contributed by atoms with Gasteiger partial charge in [-0.1, -0.05) is 0 Å². The molecule has 2 bridgehead atoms. The van der Waals surface area contributed by atoms with Crippen molar-refractivity contribution in [2.75, 3.05) is 40.0 Å². The Morgan fingerprint density at radius 1 is 1.14 bits per heavy atom. The van der Waals surface area contributed by atoms with Gasteiger partial charge in [-0.05, 0) is 54.8 Å². The van der Waals surface area contributed by atoms with Crippen LogP contribution in [0.3, 0.4) is 0 Å². The van der Waals surface area contributed by atoms with E-state index in [1.54, 1.807) is 41.6 Å². The number of carbonyl (C=O) groups excluding carboxylic acids is 2. The number of piperazine rings is 1. The highest BCUT2D eigenvalue weighted by molar-refractivity contribution is 5.68. The Labute approximate surface area is 210 Å². The monoisotopic (exact) mass is 493 g/mol. The fourth-order valence-corrected chi connectivity index (χ4v) is 4.78. The molecule has 190 valence electrons. The number of methoxy groups -OCH3 is 1. The predicted octanol–water partition coefficient (Wildman–Crippen LogP) is 2.58. The smallest absolute Gasteiger partial charge is 0.409 e. The number of likely N-dealkylation sites (tertiary alicyclic amines) is 1. The molecule has 1 aromatic heterocycles. The van der Waals surface area contributed by atoms with E-state index in [2.05, 4.69) is 21.3 Å². The van der Waals surface area contributed by atoms with E-state index < -0.39 is 6.09 Å². The van der Waals surface area contributed by atoms with E-state index >= 15 is 0 Å². The standard InChI is InChI=1S/C26H31N5O5/c1-34-25(32)29-21(18-36-24-6-2-20(14-27)3-7-24)15-31-22-4-5-23(31)17-30(16-22)26(33)35-13-10-19-8-11-28-12-9-19/h2-3,6-9,11-12,21-23H,4-5,10,13,15-18H2,1H3,(H,29,32)/t21-,22?,23?/m0/s1. The van der Waals surface area contributed by atoms with Gasteiger partial charge in [0.1, 0.15) is 12.4 Å². The lowest BCUT2D eigenvalue weighted by atomic mass is 10.1. The first kappa shape index (κ1) is 25.3. The highest BCUT2D eigenvalue weighted by Gasteiger charge is 2.42. The summed E-state index contributed by atoms with van der Waals surface area (Å²) in [4.78, 5) is 32.8. The summed E-state index contributed by atoms with van der Waals surface area (Å²) in [6.07, 6.45) is 5.26. The molecule has 2 aliphatic rings. The van der Waals surface area contributed by atoms with Crippen molar-refractivity contribution in [1.82, 2.24) is 20.1 Å². The third-order valence-electron chi connectivity index (χ3n) is 6.63. The summed E-state index contributed by atoms with van der Waals surface area (Å²) in [5.41, 5.74) is 1.63. The fraction of sp³-hybridized carbons (Fsp3) is 0.462. The zero-order valence-electron chi connectivity index (χ0n) is 20.3. The first-order valence-corrected chi connectivity index (χ1v) is 12.1. The molecule has 3 atom stereocenters. The second-order valence-corrected chi connectivity index (χ2v) is 8.99. The van der Waals surface area contributed by atoms with E-state index in [1.165, 1.54) is 7.11 Å². The number of hydrogen-bond donors (Lipinski definition) is 1. The van der Waals surface area contributed by atoms with Crippen LogP contribution in [0.1, 0.15) is 24.0 Å². The molecule has 0 aliphatic carbocycles. The van der Waals surface area contributed by atoms with Crippen LogP contribution < -0.4 is 10.1 Å². The molecule has 1 N–H and O–H groups in total. The molecule has 2 fully saturated rings. The van der Waals surface area contributed by atoms with Crippen LogP contribution in [-0.4, -0.2) is 85.1 Å². The van der Waals surface area contributed by atoms with Gasteiger partial charge in [0.15, 0.2) is 0 Å². The molecule has 0 saturated carbocycles.